The summed E-state index contributed by atoms with van der Waals surface area (Å²) in [6.07, 6.45) is 1.46. The van der Waals surface area contributed by atoms with Crippen molar-refractivity contribution in [2.24, 2.45) is 0 Å². The summed E-state index contributed by atoms with van der Waals surface area (Å²) >= 11 is 0. The Labute approximate surface area is 122 Å². The highest BCUT2D eigenvalue weighted by Gasteiger charge is 2.52. The first-order valence-corrected chi connectivity index (χ1v) is 6.94. The zero-order valence-electron chi connectivity index (χ0n) is 11.5. The third kappa shape index (κ3) is 2.49. The molecule has 3 rings (SSSR count). The van der Waals surface area contributed by atoms with Crippen LogP contribution in [0, 0.1) is 0 Å². The van der Waals surface area contributed by atoms with Crippen LogP contribution in [0.25, 0.3) is 0 Å². The molecule has 1 N–H and O–H groups in total. The Kier molecular flexibility index (Phi) is 3.37. The van der Waals surface area contributed by atoms with Crippen LogP contribution in [0.5, 0.6) is 0 Å². The van der Waals surface area contributed by atoms with Gasteiger partial charge in [-0.25, -0.2) is 4.79 Å². The topological polar surface area (TPSA) is 75.7 Å². The van der Waals surface area contributed by atoms with Crippen LogP contribution < -0.4 is 5.32 Å². The number of hydrogen-bond acceptors (Lipinski definition) is 4. The molecule has 1 heterocycles. The molecule has 1 saturated heterocycles. The van der Waals surface area contributed by atoms with Crippen molar-refractivity contribution in [2.75, 3.05) is 19.7 Å². The standard InChI is InChI=1S/C15H16N2O4/c18-12(17-9-8-16-14(17)20)10-21-13(19)15(6-7-15)11-4-2-1-3-5-11/h1-5H,6-10H2,(H,16,20). The van der Waals surface area contributed by atoms with Gasteiger partial charge in [0.1, 0.15) is 0 Å². The average Bonchev–Trinajstić information content (AvgIpc) is 3.22. The van der Waals surface area contributed by atoms with Gasteiger partial charge in [-0.3, -0.25) is 14.5 Å². The summed E-state index contributed by atoms with van der Waals surface area (Å²) in [6, 6.07) is 9.00. The molecule has 21 heavy (non-hydrogen) atoms. The van der Waals surface area contributed by atoms with E-state index < -0.39 is 17.4 Å². The van der Waals surface area contributed by atoms with Crippen molar-refractivity contribution in [3.05, 3.63) is 35.9 Å². The number of urea groups is 1. The fourth-order valence-electron chi connectivity index (χ4n) is 2.55. The second-order valence-electron chi connectivity index (χ2n) is 5.30. The Balaban J connectivity index is 1.60. The average molecular weight is 288 g/mol. The number of esters is 1. The number of amides is 3. The van der Waals surface area contributed by atoms with Crippen LogP contribution in [0.15, 0.2) is 30.3 Å². The summed E-state index contributed by atoms with van der Waals surface area (Å²) in [5, 5.41) is 2.53. The van der Waals surface area contributed by atoms with Crippen molar-refractivity contribution in [3.8, 4) is 0 Å². The third-order valence-corrected chi connectivity index (χ3v) is 3.95. The van der Waals surface area contributed by atoms with Crippen LogP contribution >= 0.6 is 0 Å². The van der Waals surface area contributed by atoms with Crippen LogP contribution in [0.4, 0.5) is 4.79 Å². The minimum atomic E-state index is -0.602. The highest BCUT2D eigenvalue weighted by molar-refractivity contribution is 5.97. The molecule has 6 nitrogen and oxygen atoms in total. The first kappa shape index (κ1) is 13.6. The van der Waals surface area contributed by atoms with Crippen LogP contribution in [0.1, 0.15) is 18.4 Å². The third-order valence-electron chi connectivity index (χ3n) is 3.95. The van der Waals surface area contributed by atoms with E-state index in [0.717, 1.165) is 23.3 Å². The second-order valence-corrected chi connectivity index (χ2v) is 5.30. The lowest BCUT2D eigenvalue weighted by molar-refractivity contribution is -0.153. The van der Waals surface area contributed by atoms with Gasteiger partial charge in [0.25, 0.3) is 5.91 Å². The molecule has 1 aromatic carbocycles. The summed E-state index contributed by atoms with van der Waals surface area (Å²) in [5.41, 5.74) is 0.316. The van der Waals surface area contributed by atoms with Gasteiger partial charge in [-0.05, 0) is 18.4 Å². The van der Waals surface area contributed by atoms with Crippen molar-refractivity contribution >= 4 is 17.9 Å². The summed E-state index contributed by atoms with van der Waals surface area (Å²) in [5.74, 6) is -0.871. The molecule has 0 aromatic heterocycles. The Morgan fingerprint density at radius 3 is 2.52 bits per heavy atom. The fraction of sp³-hybridized carbons (Fsp3) is 0.400. The van der Waals surface area contributed by atoms with Crippen molar-refractivity contribution < 1.29 is 19.1 Å². The summed E-state index contributed by atoms with van der Waals surface area (Å²) in [6.45, 7) is 0.367. The van der Waals surface area contributed by atoms with Gasteiger partial charge in [0.2, 0.25) is 0 Å². The molecule has 1 aliphatic carbocycles. The Morgan fingerprint density at radius 1 is 1.24 bits per heavy atom. The molecule has 2 aliphatic rings. The fourth-order valence-corrected chi connectivity index (χ4v) is 2.55. The predicted molar refractivity (Wildman–Crippen MR) is 73.4 cm³/mol. The number of nitrogens with one attached hydrogen (secondary N) is 1. The number of benzene rings is 1. The van der Waals surface area contributed by atoms with Gasteiger partial charge < -0.3 is 10.1 Å². The molecule has 0 unspecified atom stereocenters. The first-order chi connectivity index (χ1) is 10.1. The number of hydrogen-bond donors (Lipinski definition) is 1. The molecule has 0 atom stereocenters. The number of ether oxygens (including phenoxy) is 1. The van der Waals surface area contributed by atoms with E-state index in [2.05, 4.69) is 5.32 Å². The maximum Gasteiger partial charge on any atom is 0.324 e. The number of carbonyl (C=O) groups excluding carboxylic acids is 3. The van der Waals surface area contributed by atoms with E-state index in [4.69, 9.17) is 4.74 Å². The molecule has 1 saturated carbocycles. The first-order valence-electron chi connectivity index (χ1n) is 6.94. The summed E-state index contributed by atoms with van der Waals surface area (Å²) in [7, 11) is 0. The van der Waals surface area contributed by atoms with Crippen LogP contribution in [-0.2, 0) is 19.7 Å². The lowest BCUT2D eigenvalue weighted by atomic mass is 9.96. The highest BCUT2D eigenvalue weighted by Crippen LogP contribution is 2.49. The molecule has 1 aliphatic heterocycles. The van der Waals surface area contributed by atoms with E-state index >= 15 is 0 Å². The van der Waals surface area contributed by atoms with Crippen molar-refractivity contribution in [1.29, 1.82) is 0 Å². The smallest absolute Gasteiger partial charge is 0.324 e. The van der Waals surface area contributed by atoms with Gasteiger partial charge in [0.05, 0.1) is 5.41 Å². The van der Waals surface area contributed by atoms with E-state index in [-0.39, 0.29) is 12.6 Å². The maximum absolute atomic E-state index is 12.2. The van der Waals surface area contributed by atoms with E-state index in [1.807, 2.05) is 30.3 Å². The highest BCUT2D eigenvalue weighted by atomic mass is 16.5. The van der Waals surface area contributed by atoms with E-state index in [9.17, 15) is 14.4 Å². The second kappa shape index (κ2) is 5.20. The Bertz CT molecular complexity index is 581. The monoisotopic (exact) mass is 288 g/mol. The van der Waals surface area contributed by atoms with Crippen molar-refractivity contribution in [1.82, 2.24) is 10.2 Å². The maximum atomic E-state index is 12.2. The predicted octanol–water partition coefficient (Wildman–Crippen LogP) is 0.813. The molecule has 0 bridgehead atoms. The van der Waals surface area contributed by atoms with Gasteiger partial charge in [-0.2, -0.15) is 0 Å². The van der Waals surface area contributed by atoms with Crippen molar-refractivity contribution in [3.63, 3.8) is 0 Å². The summed E-state index contributed by atoms with van der Waals surface area (Å²) in [4.78, 5) is 36.5. The van der Waals surface area contributed by atoms with Gasteiger partial charge in [-0.15, -0.1) is 0 Å². The Hall–Kier alpha value is -2.37. The Morgan fingerprint density at radius 2 is 1.95 bits per heavy atom. The quantitative estimate of drug-likeness (QED) is 0.832. The number of nitrogens with zero attached hydrogens (tertiary/aromatic N) is 1. The number of rotatable bonds is 4. The molecule has 2 fully saturated rings. The molecule has 0 radical (unpaired) electrons. The van der Waals surface area contributed by atoms with Crippen LogP contribution in [0.3, 0.4) is 0 Å². The largest absolute Gasteiger partial charge is 0.455 e. The van der Waals surface area contributed by atoms with E-state index in [1.165, 1.54) is 0 Å². The zero-order chi connectivity index (χ0) is 14.9. The van der Waals surface area contributed by atoms with Crippen LogP contribution in [0.2, 0.25) is 0 Å². The van der Waals surface area contributed by atoms with Gasteiger partial charge >= 0.3 is 12.0 Å². The molecular weight excluding hydrogens is 272 g/mol. The summed E-state index contributed by atoms with van der Waals surface area (Å²) < 4.78 is 5.14. The molecule has 1 aromatic rings. The minimum absolute atomic E-state index is 0.318. The lowest BCUT2D eigenvalue weighted by Crippen LogP contribution is -2.38. The van der Waals surface area contributed by atoms with E-state index in [0.29, 0.717) is 13.1 Å². The van der Waals surface area contributed by atoms with Gasteiger partial charge in [0, 0.05) is 13.1 Å². The molecule has 6 heteroatoms. The molecular formula is C15H16N2O4. The number of carbonyl (C=O) groups is 3. The minimum Gasteiger partial charge on any atom is -0.455 e. The molecule has 3 amide bonds. The molecule has 110 valence electrons. The SMILES string of the molecule is O=C(COC(=O)C1(c2ccccc2)CC1)N1CCNC1=O. The van der Waals surface area contributed by atoms with Gasteiger partial charge in [0.15, 0.2) is 6.61 Å². The van der Waals surface area contributed by atoms with E-state index in [1.54, 1.807) is 0 Å². The molecule has 0 spiro atoms. The zero-order valence-corrected chi connectivity index (χ0v) is 11.5. The van der Waals surface area contributed by atoms with Crippen LogP contribution in [-0.4, -0.2) is 42.5 Å². The number of imide groups is 1. The lowest BCUT2D eigenvalue weighted by Gasteiger charge is -2.16. The normalized spacial score (nSPS) is 19.0. The van der Waals surface area contributed by atoms with Crippen molar-refractivity contribution in [2.45, 2.75) is 18.3 Å². The van der Waals surface area contributed by atoms with Gasteiger partial charge in [-0.1, -0.05) is 30.3 Å².